The van der Waals surface area contributed by atoms with E-state index in [0.717, 1.165) is 70.9 Å². The number of hydrogen-bond donors (Lipinski definition) is 4. The molecular formula is C36H37ClN4O6. The monoisotopic (exact) mass is 656 g/mol. The molecule has 11 heteroatoms. The predicted octanol–water partition coefficient (Wildman–Crippen LogP) is 5.43. The van der Waals surface area contributed by atoms with E-state index < -0.39 is 18.1 Å². The summed E-state index contributed by atoms with van der Waals surface area (Å²) >= 11 is 7.15. The molecule has 47 heavy (non-hydrogen) atoms. The summed E-state index contributed by atoms with van der Waals surface area (Å²) in [6, 6.07) is 21.9. The van der Waals surface area contributed by atoms with Gasteiger partial charge in [-0.1, -0.05) is 54.1 Å². The summed E-state index contributed by atoms with van der Waals surface area (Å²) in [5, 5.41) is 25.8. The predicted molar refractivity (Wildman–Crippen MR) is 181 cm³/mol. The van der Waals surface area contributed by atoms with Gasteiger partial charge in [0.1, 0.15) is 23.2 Å². The molecule has 1 unspecified atom stereocenters. The van der Waals surface area contributed by atoms with Gasteiger partial charge in [-0.2, -0.15) is 4.98 Å². The van der Waals surface area contributed by atoms with E-state index in [1.54, 1.807) is 19.2 Å². The first-order chi connectivity index (χ1) is 22.8. The van der Waals surface area contributed by atoms with Crippen molar-refractivity contribution < 1.29 is 29.2 Å². The molecule has 1 aliphatic heterocycles. The standard InChI is InChI=1S/C36H37ClN4O6/c1-36(20-42,35(43)44)40-19-22-11-15-31(41-34(22)46-3)47-29-14-13-25-24(7-5-8-26(25)29)27-9-4-6-23(32(27)37)21-10-12-28(30(18-21)45-2)33-38-16-17-39-33/h4-12,15,18,29,40,42H,13-14,16-17,19-20H2,1-3H3,(H,38,39)(H,43,44)/t29-,36?/m0/s1. The minimum Gasteiger partial charge on any atom is -0.496 e. The van der Waals surface area contributed by atoms with Gasteiger partial charge in [0.05, 0.1) is 38.0 Å². The van der Waals surface area contributed by atoms with Crippen molar-refractivity contribution in [3.05, 3.63) is 94.0 Å². The number of carboxylic acids is 1. The quantitative estimate of drug-likeness (QED) is 0.158. The highest BCUT2D eigenvalue weighted by Crippen LogP contribution is 2.44. The van der Waals surface area contributed by atoms with Crippen LogP contribution in [0, 0.1) is 0 Å². The number of aliphatic hydroxyl groups is 1. The molecule has 0 spiro atoms. The first kappa shape index (κ1) is 32.3. The first-order valence-electron chi connectivity index (χ1n) is 15.4. The fourth-order valence-corrected chi connectivity index (χ4v) is 6.39. The number of methoxy groups -OCH3 is 2. The van der Waals surface area contributed by atoms with Crippen molar-refractivity contribution in [2.45, 2.75) is 38.0 Å². The van der Waals surface area contributed by atoms with Crippen molar-refractivity contribution in [1.29, 1.82) is 0 Å². The summed E-state index contributed by atoms with van der Waals surface area (Å²) in [6.07, 6.45) is 1.35. The lowest BCUT2D eigenvalue weighted by atomic mass is 9.93. The molecule has 10 nitrogen and oxygen atoms in total. The Morgan fingerprint density at radius 1 is 1.04 bits per heavy atom. The topological polar surface area (TPSA) is 135 Å². The Hall–Kier alpha value is -4.64. The molecule has 4 N–H and O–H groups in total. The molecule has 1 aliphatic carbocycles. The van der Waals surface area contributed by atoms with Gasteiger partial charge in [0.2, 0.25) is 11.8 Å². The minimum absolute atomic E-state index is 0.138. The number of hydrogen-bond acceptors (Lipinski definition) is 9. The van der Waals surface area contributed by atoms with Crippen LogP contribution >= 0.6 is 11.6 Å². The number of aliphatic hydroxyl groups excluding tert-OH is 1. The number of pyridine rings is 1. The van der Waals surface area contributed by atoms with E-state index >= 15 is 0 Å². The fraction of sp³-hybridized carbons (Fsp3) is 0.306. The summed E-state index contributed by atoms with van der Waals surface area (Å²) in [7, 11) is 3.16. The Kier molecular flexibility index (Phi) is 9.35. The normalized spacial score (nSPS) is 16.5. The van der Waals surface area contributed by atoms with E-state index in [2.05, 4.69) is 32.7 Å². The molecule has 2 aliphatic rings. The summed E-state index contributed by atoms with van der Waals surface area (Å²) in [4.78, 5) is 20.6. The zero-order valence-electron chi connectivity index (χ0n) is 26.5. The Balaban J connectivity index is 1.24. The second kappa shape index (κ2) is 13.6. The number of halogens is 1. The second-order valence-corrected chi connectivity index (χ2v) is 12.1. The van der Waals surface area contributed by atoms with Crippen LogP contribution < -0.4 is 24.8 Å². The number of carbonyl (C=O) groups is 1. The Morgan fingerprint density at radius 2 is 1.83 bits per heavy atom. The van der Waals surface area contributed by atoms with Crippen LogP contribution in [0.5, 0.6) is 17.5 Å². The average Bonchev–Trinajstić information content (AvgIpc) is 3.78. The first-order valence-corrected chi connectivity index (χ1v) is 15.8. The molecule has 244 valence electrons. The highest BCUT2D eigenvalue weighted by molar-refractivity contribution is 6.36. The summed E-state index contributed by atoms with van der Waals surface area (Å²) < 4.78 is 17.6. The molecule has 0 radical (unpaired) electrons. The Morgan fingerprint density at radius 3 is 2.55 bits per heavy atom. The van der Waals surface area contributed by atoms with Crippen molar-refractivity contribution in [1.82, 2.24) is 15.6 Å². The number of aliphatic carboxylic acids is 1. The number of aromatic nitrogens is 1. The lowest BCUT2D eigenvalue weighted by molar-refractivity contribution is -0.145. The van der Waals surface area contributed by atoms with E-state index in [0.29, 0.717) is 22.3 Å². The van der Waals surface area contributed by atoms with Crippen molar-refractivity contribution in [3.8, 4) is 39.8 Å². The van der Waals surface area contributed by atoms with E-state index in [1.165, 1.54) is 19.6 Å². The molecule has 0 bridgehead atoms. The lowest BCUT2D eigenvalue weighted by Gasteiger charge is -2.24. The number of fused-ring (bicyclic) bond motifs is 1. The molecule has 2 atom stereocenters. The lowest BCUT2D eigenvalue weighted by Crippen LogP contribution is -2.52. The SMILES string of the molecule is COc1cc(-c2cccc(-c3cccc4c3CC[C@@H]4Oc3ccc(CNC(C)(CO)C(=O)O)c(OC)n3)c2Cl)ccc1C1=NCCN1. The fourth-order valence-electron chi connectivity index (χ4n) is 6.05. The third-order valence-corrected chi connectivity index (χ3v) is 9.18. The van der Waals surface area contributed by atoms with E-state index in [4.69, 9.17) is 25.8 Å². The molecule has 2 heterocycles. The third kappa shape index (κ3) is 6.36. The minimum atomic E-state index is -1.49. The largest absolute Gasteiger partial charge is 0.496 e. The van der Waals surface area contributed by atoms with Gasteiger partial charge in [0.15, 0.2) is 0 Å². The zero-order chi connectivity index (χ0) is 33.1. The van der Waals surface area contributed by atoms with Crippen LogP contribution in [0.2, 0.25) is 5.02 Å². The summed E-state index contributed by atoms with van der Waals surface area (Å²) in [6.45, 7) is 2.56. The van der Waals surface area contributed by atoms with Crippen molar-refractivity contribution >= 4 is 23.4 Å². The van der Waals surface area contributed by atoms with Gasteiger partial charge < -0.3 is 29.7 Å². The van der Waals surface area contributed by atoms with Gasteiger partial charge in [-0.25, -0.2) is 0 Å². The van der Waals surface area contributed by atoms with Crippen LogP contribution in [0.25, 0.3) is 22.3 Å². The zero-order valence-corrected chi connectivity index (χ0v) is 27.2. The number of amidine groups is 1. The maximum absolute atomic E-state index is 11.6. The summed E-state index contributed by atoms with van der Waals surface area (Å²) in [5.74, 6) is 1.13. The van der Waals surface area contributed by atoms with Crippen LogP contribution in [0.3, 0.4) is 0 Å². The van der Waals surface area contributed by atoms with Crippen LogP contribution in [-0.4, -0.2) is 66.5 Å². The van der Waals surface area contributed by atoms with Gasteiger partial charge in [-0.3, -0.25) is 15.1 Å². The number of ether oxygens (including phenoxy) is 3. The van der Waals surface area contributed by atoms with Crippen LogP contribution in [0.15, 0.2) is 71.7 Å². The molecule has 0 saturated carbocycles. The molecule has 3 aromatic carbocycles. The van der Waals surface area contributed by atoms with Crippen LogP contribution in [-0.2, 0) is 17.8 Å². The van der Waals surface area contributed by atoms with Gasteiger partial charge in [0, 0.05) is 35.8 Å². The molecule has 0 amide bonds. The van der Waals surface area contributed by atoms with Crippen LogP contribution in [0.1, 0.15) is 41.7 Å². The smallest absolute Gasteiger partial charge is 0.326 e. The molecule has 4 aromatic rings. The van der Waals surface area contributed by atoms with Gasteiger partial charge >= 0.3 is 5.97 Å². The molecule has 1 aromatic heterocycles. The van der Waals surface area contributed by atoms with E-state index in [1.807, 2.05) is 42.5 Å². The number of rotatable bonds is 12. The third-order valence-electron chi connectivity index (χ3n) is 8.77. The number of benzene rings is 3. The molecule has 0 saturated heterocycles. The number of carboxylic acid groups (broad SMARTS) is 1. The maximum atomic E-state index is 11.6. The van der Waals surface area contributed by atoms with Gasteiger partial charge in [0.25, 0.3) is 0 Å². The highest BCUT2D eigenvalue weighted by atomic mass is 35.5. The molecular weight excluding hydrogens is 620 g/mol. The Labute approximate surface area is 278 Å². The molecule has 6 rings (SSSR count). The van der Waals surface area contributed by atoms with E-state index in [9.17, 15) is 15.0 Å². The van der Waals surface area contributed by atoms with Crippen molar-refractivity contribution in [2.24, 2.45) is 4.99 Å². The van der Waals surface area contributed by atoms with Crippen LogP contribution in [0.4, 0.5) is 0 Å². The Bertz CT molecular complexity index is 1850. The van der Waals surface area contributed by atoms with E-state index in [-0.39, 0.29) is 12.6 Å². The van der Waals surface area contributed by atoms with Gasteiger partial charge in [-0.15, -0.1) is 0 Å². The summed E-state index contributed by atoms with van der Waals surface area (Å²) in [5.41, 5.74) is 6.19. The number of aliphatic imine (C=N–C) groups is 1. The molecule has 0 fully saturated rings. The maximum Gasteiger partial charge on any atom is 0.326 e. The highest BCUT2D eigenvalue weighted by Gasteiger charge is 2.32. The second-order valence-electron chi connectivity index (χ2n) is 11.7. The van der Waals surface area contributed by atoms with Crippen molar-refractivity contribution in [2.75, 3.05) is 33.9 Å². The number of nitrogens with one attached hydrogen (secondary N) is 2. The van der Waals surface area contributed by atoms with Gasteiger partial charge in [-0.05, 0) is 60.2 Å². The number of nitrogens with zero attached hydrogens (tertiary/aromatic N) is 2. The average molecular weight is 657 g/mol. The van der Waals surface area contributed by atoms with Crippen molar-refractivity contribution in [3.63, 3.8) is 0 Å².